The number of carbonyl (C=O) groups is 3. The van der Waals surface area contributed by atoms with Gasteiger partial charge in [0.1, 0.15) is 13.2 Å². The Kier molecular flexibility index (Phi) is 60.6. The van der Waals surface area contributed by atoms with E-state index in [1.807, 2.05) is 0 Å². The molecule has 1 atom stereocenters. The van der Waals surface area contributed by atoms with Crippen LogP contribution in [0.5, 0.6) is 0 Å². The highest BCUT2D eigenvalue weighted by Crippen LogP contribution is 2.18. The SMILES string of the molecule is CCC/C=C\C/C=C\CCCCCCCC(=O)OC(COC(=O)CCCCCCCCCCCCCC)COC(=O)CCCCCCCCCCCCCCCCCCCCCCCCCCCCCCCC. The Morgan fingerprint density at radius 2 is 0.521 bits per heavy atom. The van der Waals surface area contributed by atoms with Gasteiger partial charge in [-0.3, -0.25) is 14.4 Å². The minimum absolute atomic E-state index is 0.0715. The van der Waals surface area contributed by atoms with Gasteiger partial charge in [0.2, 0.25) is 0 Å². The number of carbonyl (C=O) groups excluding carboxylic acids is 3. The summed E-state index contributed by atoms with van der Waals surface area (Å²) < 4.78 is 16.9. The predicted molar refractivity (Wildman–Crippen MR) is 316 cm³/mol. The molecule has 0 aliphatic heterocycles. The van der Waals surface area contributed by atoms with Crippen LogP contribution in [-0.4, -0.2) is 37.2 Å². The van der Waals surface area contributed by atoms with Crippen molar-refractivity contribution in [3.63, 3.8) is 0 Å². The molecule has 0 N–H and O–H groups in total. The van der Waals surface area contributed by atoms with Crippen molar-refractivity contribution in [2.24, 2.45) is 0 Å². The number of hydrogen-bond donors (Lipinski definition) is 0. The van der Waals surface area contributed by atoms with Crippen molar-refractivity contribution in [2.45, 2.75) is 374 Å². The number of unbranched alkanes of at least 4 members (excludes halogenated alkanes) is 46. The summed E-state index contributed by atoms with van der Waals surface area (Å²) in [4.78, 5) is 38.2. The first-order chi connectivity index (χ1) is 36.0. The van der Waals surface area contributed by atoms with Crippen LogP contribution in [-0.2, 0) is 28.6 Å². The van der Waals surface area contributed by atoms with Crippen molar-refractivity contribution >= 4 is 17.9 Å². The topological polar surface area (TPSA) is 78.9 Å². The van der Waals surface area contributed by atoms with Crippen LogP contribution in [0.25, 0.3) is 0 Å². The van der Waals surface area contributed by atoms with Crippen molar-refractivity contribution in [2.75, 3.05) is 13.2 Å². The van der Waals surface area contributed by atoms with E-state index in [1.165, 1.54) is 238 Å². The van der Waals surface area contributed by atoms with E-state index < -0.39 is 6.10 Å². The van der Waals surface area contributed by atoms with Crippen LogP contribution in [0, 0.1) is 0 Å². The van der Waals surface area contributed by atoms with Crippen LogP contribution in [0.4, 0.5) is 0 Å². The molecule has 0 saturated carbocycles. The fourth-order valence-corrected chi connectivity index (χ4v) is 10.0. The van der Waals surface area contributed by atoms with E-state index in [1.54, 1.807) is 0 Å². The molecule has 1 unspecified atom stereocenters. The highest BCUT2D eigenvalue weighted by atomic mass is 16.6. The summed E-state index contributed by atoms with van der Waals surface area (Å²) in [7, 11) is 0. The van der Waals surface area contributed by atoms with E-state index >= 15 is 0 Å². The highest BCUT2D eigenvalue weighted by Gasteiger charge is 2.19. The summed E-state index contributed by atoms with van der Waals surface area (Å²) in [5, 5.41) is 0. The van der Waals surface area contributed by atoms with Gasteiger partial charge in [-0.15, -0.1) is 0 Å². The summed E-state index contributed by atoms with van der Waals surface area (Å²) >= 11 is 0. The molecule has 0 rings (SSSR count). The molecule has 0 aliphatic carbocycles. The zero-order valence-electron chi connectivity index (χ0n) is 49.4. The maximum absolute atomic E-state index is 12.8. The first kappa shape index (κ1) is 70.9. The third kappa shape index (κ3) is 60.6. The summed E-state index contributed by atoms with van der Waals surface area (Å²) in [6.07, 6.45) is 75.0. The smallest absolute Gasteiger partial charge is 0.306 e. The van der Waals surface area contributed by atoms with Crippen molar-refractivity contribution in [1.82, 2.24) is 0 Å². The molecule has 0 spiro atoms. The number of esters is 3. The minimum Gasteiger partial charge on any atom is -0.462 e. The highest BCUT2D eigenvalue weighted by molar-refractivity contribution is 5.71. The zero-order chi connectivity index (χ0) is 52.9. The van der Waals surface area contributed by atoms with Gasteiger partial charge in [-0.2, -0.15) is 0 Å². The van der Waals surface area contributed by atoms with Gasteiger partial charge in [-0.1, -0.05) is 328 Å². The zero-order valence-corrected chi connectivity index (χ0v) is 49.4. The molecule has 0 fully saturated rings. The Labute approximate surface area is 455 Å². The maximum atomic E-state index is 12.8. The number of hydrogen-bond acceptors (Lipinski definition) is 6. The maximum Gasteiger partial charge on any atom is 0.306 e. The molecule has 6 nitrogen and oxygen atoms in total. The van der Waals surface area contributed by atoms with Crippen molar-refractivity contribution < 1.29 is 28.6 Å². The Morgan fingerprint density at radius 1 is 0.274 bits per heavy atom. The summed E-state index contributed by atoms with van der Waals surface area (Å²) in [5.41, 5.74) is 0. The molecule has 0 aromatic heterocycles. The van der Waals surface area contributed by atoms with Crippen LogP contribution in [0.3, 0.4) is 0 Å². The van der Waals surface area contributed by atoms with Gasteiger partial charge < -0.3 is 14.2 Å². The Morgan fingerprint density at radius 3 is 0.808 bits per heavy atom. The van der Waals surface area contributed by atoms with Crippen LogP contribution in [0.1, 0.15) is 367 Å². The first-order valence-electron chi connectivity index (χ1n) is 32.8. The predicted octanol–water partition coefficient (Wildman–Crippen LogP) is 22.2. The average Bonchev–Trinajstić information content (AvgIpc) is 3.39. The normalized spacial score (nSPS) is 12.1. The van der Waals surface area contributed by atoms with E-state index in [9.17, 15) is 14.4 Å². The third-order valence-corrected chi connectivity index (χ3v) is 14.9. The molecule has 0 bridgehead atoms. The minimum atomic E-state index is -0.774. The van der Waals surface area contributed by atoms with Crippen LogP contribution in [0.2, 0.25) is 0 Å². The lowest BCUT2D eigenvalue weighted by molar-refractivity contribution is -0.167. The monoisotopic (exact) mass is 1030 g/mol. The van der Waals surface area contributed by atoms with Crippen LogP contribution < -0.4 is 0 Å². The summed E-state index contributed by atoms with van der Waals surface area (Å²) in [6, 6.07) is 0. The van der Waals surface area contributed by atoms with E-state index in [4.69, 9.17) is 14.2 Å². The molecular weight excluding hydrogens is 901 g/mol. The molecule has 0 amide bonds. The quantitative estimate of drug-likeness (QED) is 0.0261. The summed E-state index contributed by atoms with van der Waals surface area (Å²) in [6.45, 7) is 6.62. The molecule has 430 valence electrons. The van der Waals surface area contributed by atoms with Crippen molar-refractivity contribution in [1.29, 1.82) is 0 Å². The Hall–Kier alpha value is -2.11. The fraction of sp³-hybridized carbons (Fsp3) is 0.896. The molecule has 0 aromatic rings. The van der Waals surface area contributed by atoms with Gasteiger partial charge in [0.15, 0.2) is 6.10 Å². The standard InChI is InChI=1S/C67H126O6/c1-4-7-10-13-16-19-22-25-26-27-28-29-30-31-32-33-34-35-36-37-38-39-40-41-43-45-48-51-54-57-60-66(69)72-63-64(62-71-65(68)59-56-53-50-47-44-24-21-18-15-12-9-6-3)73-67(70)61-58-55-52-49-46-42-23-20-17-14-11-8-5-2/h11,14,20,23,64H,4-10,12-13,15-19,21-22,24-63H2,1-3H3/b14-11-,23-20-. The van der Waals surface area contributed by atoms with Crippen molar-refractivity contribution in [3.8, 4) is 0 Å². The van der Waals surface area contributed by atoms with Gasteiger partial charge in [0, 0.05) is 19.3 Å². The van der Waals surface area contributed by atoms with Gasteiger partial charge in [0.05, 0.1) is 0 Å². The molecule has 0 saturated heterocycles. The van der Waals surface area contributed by atoms with Crippen LogP contribution in [0.15, 0.2) is 24.3 Å². The summed E-state index contributed by atoms with van der Waals surface area (Å²) in [5.74, 6) is -0.863. The lowest BCUT2D eigenvalue weighted by Crippen LogP contribution is -2.30. The van der Waals surface area contributed by atoms with Gasteiger partial charge >= 0.3 is 17.9 Å². The van der Waals surface area contributed by atoms with Gasteiger partial charge in [0.25, 0.3) is 0 Å². The molecule has 0 heterocycles. The van der Waals surface area contributed by atoms with Crippen molar-refractivity contribution in [3.05, 3.63) is 24.3 Å². The molecule has 73 heavy (non-hydrogen) atoms. The average molecular weight is 1030 g/mol. The Bertz CT molecular complexity index is 1180. The largest absolute Gasteiger partial charge is 0.462 e. The van der Waals surface area contributed by atoms with Crippen LogP contribution >= 0.6 is 0 Å². The van der Waals surface area contributed by atoms with E-state index in [-0.39, 0.29) is 31.1 Å². The van der Waals surface area contributed by atoms with E-state index in [0.29, 0.717) is 19.3 Å². The first-order valence-corrected chi connectivity index (χ1v) is 32.8. The number of ether oxygens (including phenoxy) is 3. The lowest BCUT2D eigenvalue weighted by atomic mass is 10.0. The lowest BCUT2D eigenvalue weighted by Gasteiger charge is -2.18. The number of allylic oxidation sites excluding steroid dienone is 4. The van der Waals surface area contributed by atoms with Gasteiger partial charge in [-0.05, 0) is 44.9 Å². The second kappa shape index (κ2) is 62.4. The van der Waals surface area contributed by atoms with Gasteiger partial charge in [-0.25, -0.2) is 0 Å². The Balaban J connectivity index is 4.07. The molecule has 6 heteroatoms. The molecule has 0 aromatic carbocycles. The molecule has 0 aliphatic rings. The van der Waals surface area contributed by atoms with E-state index in [0.717, 1.165) is 89.9 Å². The number of rotatable bonds is 61. The third-order valence-electron chi connectivity index (χ3n) is 14.9. The molecule has 0 radical (unpaired) electrons. The second-order valence-corrected chi connectivity index (χ2v) is 22.4. The fourth-order valence-electron chi connectivity index (χ4n) is 10.0. The van der Waals surface area contributed by atoms with E-state index in [2.05, 4.69) is 45.1 Å². The molecular formula is C67H126O6. The second-order valence-electron chi connectivity index (χ2n) is 22.4.